The third-order valence-electron chi connectivity index (χ3n) is 5.56. The largest absolute Gasteiger partial charge is 0.309 e. The molecule has 31 heavy (non-hydrogen) atoms. The van der Waals surface area contributed by atoms with Crippen LogP contribution in [0.15, 0.2) is 83.8 Å². The molecule has 3 aromatic rings. The van der Waals surface area contributed by atoms with E-state index in [1.807, 2.05) is 49.4 Å². The molecule has 0 spiro atoms. The molecule has 4 rings (SSSR count). The molecule has 1 amide bonds. The molecule has 0 saturated carbocycles. The topological polar surface area (TPSA) is 57.7 Å². The minimum absolute atomic E-state index is 0.0646. The van der Waals surface area contributed by atoms with E-state index in [1.165, 1.54) is 23.4 Å². The van der Waals surface area contributed by atoms with Crippen molar-refractivity contribution in [2.75, 3.05) is 9.21 Å². The van der Waals surface area contributed by atoms with Gasteiger partial charge in [0.2, 0.25) is 5.91 Å². The lowest BCUT2D eigenvalue weighted by Gasteiger charge is -2.43. The number of fused-ring (bicyclic) bond motifs is 1. The van der Waals surface area contributed by atoms with Gasteiger partial charge in [0.25, 0.3) is 10.0 Å². The number of halogens is 1. The van der Waals surface area contributed by atoms with Gasteiger partial charge >= 0.3 is 0 Å². The molecule has 0 fully saturated rings. The highest BCUT2D eigenvalue weighted by Gasteiger charge is 2.40. The predicted molar refractivity (Wildman–Crippen MR) is 124 cm³/mol. The van der Waals surface area contributed by atoms with Gasteiger partial charge in [-0.25, -0.2) is 8.42 Å². The van der Waals surface area contributed by atoms with Gasteiger partial charge in [-0.15, -0.1) is 0 Å². The predicted octanol–water partition coefficient (Wildman–Crippen LogP) is 5.42. The molecular weight excluding hydrogens is 432 g/mol. The van der Waals surface area contributed by atoms with E-state index in [4.69, 9.17) is 11.6 Å². The molecule has 2 atom stereocenters. The van der Waals surface area contributed by atoms with Crippen LogP contribution in [0.3, 0.4) is 0 Å². The summed E-state index contributed by atoms with van der Waals surface area (Å²) in [5.41, 5.74) is 2.11. The zero-order chi connectivity index (χ0) is 22.2. The van der Waals surface area contributed by atoms with Crippen LogP contribution in [0, 0.1) is 0 Å². The summed E-state index contributed by atoms with van der Waals surface area (Å²) in [7, 11) is -3.90. The van der Waals surface area contributed by atoms with E-state index in [9.17, 15) is 13.2 Å². The lowest BCUT2D eigenvalue weighted by Crippen LogP contribution is -2.47. The van der Waals surface area contributed by atoms with E-state index < -0.39 is 16.1 Å². The molecule has 3 aromatic carbocycles. The number of nitrogens with zero attached hydrogens (tertiary/aromatic N) is 2. The Morgan fingerprint density at radius 1 is 0.968 bits per heavy atom. The Kier molecular flexibility index (Phi) is 5.77. The number of hydrogen-bond donors (Lipinski definition) is 0. The molecule has 0 bridgehead atoms. The van der Waals surface area contributed by atoms with E-state index >= 15 is 0 Å². The molecule has 0 aromatic heterocycles. The zero-order valence-electron chi connectivity index (χ0n) is 17.3. The van der Waals surface area contributed by atoms with Crippen molar-refractivity contribution in [1.29, 1.82) is 0 Å². The number of rotatable bonds is 4. The summed E-state index contributed by atoms with van der Waals surface area (Å²) in [6.45, 7) is 3.48. The van der Waals surface area contributed by atoms with Crippen LogP contribution in [-0.2, 0) is 14.8 Å². The molecule has 0 unspecified atom stereocenters. The van der Waals surface area contributed by atoms with Crippen molar-refractivity contribution < 1.29 is 13.2 Å². The smallest absolute Gasteiger partial charge is 0.264 e. The minimum atomic E-state index is -3.90. The second kappa shape index (κ2) is 8.36. The van der Waals surface area contributed by atoms with E-state index in [2.05, 4.69) is 0 Å². The van der Waals surface area contributed by atoms with Gasteiger partial charge in [0.05, 0.1) is 16.6 Å². The molecule has 1 aliphatic rings. The first-order valence-corrected chi connectivity index (χ1v) is 11.9. The molecule has 0 aliphatic carbocycles. The highest BCUT2D eigenvalue weighted by Crippen LogP contribution is 2.44. The Hall–Kier alpha value is -2.83. The zero-order valence-corrected chi connectivity index (χ0v) is 18.8. The molecule has 0 radical (unpaired) electrons. The van der Waals surface area contributed by atoms with Crippen molar-refractivity contribution in [3.05, 3.63) is 89.4 Å². The van der Waals surface area contributed by atoms with Gasteiger partial charge in [-0.1, -0.05) is 48.0 Å². The average Bonchev–Trinajstić information content (AvgIpc) is 2.74. The Labute approximate surface area is 187 Å². The van der Waals surface area contributed by atoms with Gasteiger partial charge in [0.1, 0.15) is 0 Å². The van der Waals surface area contributed by atoms with Crippen molar-refractivity contribution in [2.24, 2.45) is 0 Å². The van der Waals surface area contributed by atoms with E-state index in [1.54, 1.807) is 29.2 Å². The van der Waals surface area contributed by atoms with Gasteiger partial charge < -0.3 is 4.90 Å². The van der Waals surface area contributed by atoms with Gasteiger partial charge in [-0.3, -0.25) is 9.10 Å². The Bertz CT molecular complexity index is 1200. The number of anilines is 2. The fourth-order valence-electron chi connectivity index (χ4n) is 4.26. The number of hydrogen-bond acceptors (Lipinski definition) is 3. The normalized spacial score (nSPS) is 18.4. The first-order valence-electron chi connectivity index (χ1n) is 10.0. The molecule has 5 nitrogen and oxygen atoms in total. The van der Waals surface area contributed by atoms with Crippen molar-refractivity contribution in [3.8, 4) is 0 Å². The molecular formula is C24H23ClN2O3S. The van der Waals surface area contributed by atoms with Crippen molar-refractivity contribution >= 4 is 38.9 Å². The summed E-state index contributed by atoms with van der Waals surface area (Å²) in [6.07, 6.45) is 0.471. The number of carbonyl (C=O) groups excluding carboxylic acids is 1. The SMILES string of the molecule is CC(=O)N1c2ccccc2[C@H](N(c2ccccc2)S(=O)(=O)c2ccc(Cl)cc2)C[C@@H]1C. The fraction of sp³-hybridized carbons (Fsp3) is 0.208. The summed E-state index contributed by atoms with van der Waals surface area (Å²) >= 11 is 5.99. The molecule has 7 heteroatoms. The van der Waals surface area contributed by atoms with Crippen LogP contribution in [0.25, 0.3) is 0 Å². The van der Waals surface area contributed by atoms with Gasteiger partial charge in [-0.05, 0) is 61.4 Å². The Morgan fingerprint density at radius 3 is 2.23 bits per heavy atom. The minimum Gasteiger partial charge on any atom is -0.309 e. The third kappa shape index (κ3) is 3.93. The van der Waals surface area contributed by atoms with Crippen LogP contribution in [-0.4, -0.2) is 20.4 Å². The Morgan fingerprint density at radius 2 is 1.58 bits per heavy atom. The van der Waals surface area contributed by atoms with Gasteiger partial charge in [0.15, 0.2) is 0 Å². The summed E-state index contributed by atoms with van der Waals surface area (Å²) in [5.74, 6) is -0.0646. The Balaban J connectivity index is 1.92. The third-order valence-corrected chi connectivity index (χ3v) is 7.67. The van der Waals surface area contributed by atoms with Crippen molar-refractivity contribution in [1.82, 2.24) is 0 Å². The van der Waals surface area contributed by atoms with E-state index in [-0.39, 0.29) is 16.8 Å². The number of carbonyl (C=O) groups is 1. The summed E-state index contributed by atoms with van der Waals surface area (Å²) in [5, 5.41) is 0.471. The maximum Gasteiger partial charge on any atom is 0.264 e. The summed E-state index contributed by atoms with van der Waals surface area (Å²) in [6, 6.07) is 22.1. The first kappa shape index (κ1) is 21.4. The van der Waals surface area contributed by atoms with Crippen LogP contribution in [0.5, 0.6) is 0 Å². The highest BCUT2D eigenvalue weighted by atomic mass is 35.5. The van der Waals surface area contributed by atoms with Crippen molar-refractivity contribution in [2.45, 2.75) is 37.2 Å². The second-order valence-corrected chi connectivity index (χ2v) is 9.89. The van der Waals surface area contributed by atoms with E-state index in [0.717, 1.165) is 11.3 Å². The lowest BCUT2D eigenvalue weighted by atomic mass is 9.91. The number of benzene rings is 3. The molecule has 0 N–H and O–H groups in total. The van der Waals surface area contributed by atoms with Gasteiger partial charge in [-0.2, -0.15) is 0 Å². The molecule has 1 aliphatic heterocycles. The number of para-hydroxylation sites is 2. The van der Waals surface area contributed by atoms with Crippen LogP contribution in [0.4, 0.5) is 11.4 Å². The molecule has 0 saturated heterocycles. The standard InChI is InChI=1S/C24H23ClN2O3S/c1-17-16-24(22-10-6-7-11-23(22)26(17)18(2)28)27(20-8-4-3-5-9-20)31(29,30)21-14-12-19(25)13-15-21/h3-15,17,24H,16H2,1-2H3/t17-,24+/m0/s1. The number of sulfonamides is 1. The van der Waals surface area contributed by atoms with Gasteiger partial charge in [0, 0.05) is 23.7 Å². The lowest BCUT2D eigenvalue weighted by molar-refractivity contribution is -0.117. The molecule has 1 heterocycles. The van der Waals surface area contributed by atoms with Crippen LogP contribution in [0.2, 0.25) is 5.02 Å². The summed E-state index contributed by atoms with van der Waals surface area (Å²) in [4.78, 5) is 14.3. The van der Waals surface area contributed by atoms with Crippen LogP contribution < -0.4 is 9.21 Å². The average molecular weight is 455 g/mol. The summed E-state index contributed by atoms with van der Waals surface area (Å²) < 4.78 is 29.2. The second-order valence-electron chi connectivity index (χ2n) is 7.64. The first-order chi connectivity index (χ1) is 14.8. The van der Waals surface area contributed by atoms with E-state index in [0.29, 0.717) is 17.1 Å². The highest BCUT2D eigenvalue weighted by molar-refractivity contribution is 7.92. The fourth-order valence-corrected chi connectivity index (χ4v) is 6.03. The maximum atomic E-state index is 13.9. The number of amides is 1. The van der Waals surface area contributed by atoms with Crippen LogP contribution in [0.1, 0.15) is 31.9 Å². The quantitative estimate of drug-likeness (QED) is 0.528. The van der Waals surface area contributed by atoms with Crippen molar-refractivity contribution in [3.63, 3.8) is 0 Å². The monoisotopic (exact) mass is 454 g/mol. The van der Waals surface area contributed by atoms with Crippen LogP contribution >= 0.6 is 11.6 Å². The molecule has 160 valence electrons. The maximum absolute atomic E-state index is 13.9.